The van der Waals surface area contributed by atoms with Crippen LogP contribution >= 0.6 is 0 Å². The van der Waals surface area contributed by atoms with Crippen LogP contribution in [0.4, 0.5) is 0 Å². The summed E-state index contributed by atoms with van der Waals surface area (Å²) in [6.45, 7) is 0. The van der Waals surface area contributed by atoms with E-state index in [4.69, 9.17) is 26.2 Å². The topological polar surface area (TPSA) is 141 Å². The largest absolute Gasteiger partial charge is 0.481 e. The molecule has 2 saturated carbocycles. The lowest BCUT2D eigenvalue weighted by Crippen LogP contribution is -2.50. The normalized spacial score (nSPS) is 45.5. The highest BCUT2D eigenvalue weighted by Crippen LogP contribution is 2.65. The monoisotopic (exact) mass is 231 g/mol. The van der Waals surface area contributed by atoms with Gasteiger partial charge in [0.1, 0.15) is 5.54 Å². The number of nitrogens with two attached hydrogens (primary N) is 1. The smallest absolute Gasteiger partial charge is 0.324 e. The van der Waals surface area contributed by atoms with Crippen LogP contribution in [0.5, 0.6) is 0 Å². The van der Waals surface area contributed by atoms with Crippen LogP contribution in [0.2, 0.25) is 0 Å². The number of aliphatic carboxylic acids is 2. The summed E-state index contributed by atoms with van der Waals surface area (Å²) in [7, 11) is 0. The Balaban J connectivity index is 2.29. The molecular weight excluding hydrogens is 218 g/mol. The van der Waals surface area contributed by atoms with E-state index in [1.54, 1.807) is 0 Å². The number of hydrogen-bond donors (Lipinski definition) is 5. The maximum absolute atomic E-state index is 11.0. The maximum atomic E-state index is 11.0. The van der Waals surface area contributed by atoms with Gasteiger partial charge < -0.3 is 26.2 Å². The maximum Gasteiger partial charge on any atom is 0.324 e. The van der Waals surface area contributed by atoms with E-state index in [1.807, 2.05) is 0 Å². The Morgan fingerprint density at radius 1 is 1.31 bits per heavy atom. The van der Waals surface area contributed by atoms with E-state index < -0.39 is 47.4 Å². The van der Waals surface area contributed by atoms with Gasteiger partial charge in [-0.1, -0.05) is 0 Å². The van der Waals surface area contributed by atoms with Crippen molar-refractivity contribution in [2.24, 2.45) is 29.4 Å². The lowest BCUT2D eigenvalue weighted by Gasteiger charge is -2.24. The van der Waals surface area contributed by atoms with Crippen LogP contribution in [0, 0.1) is 23.7 Å². The van der Waals surface area contributed by atoms with Crippen LogP contribution < -0.4 is 5.73 Å². The first-order chi connectivity index (χ1) is 7.30. The molecule has 16 heavy (non-hydrogen) atoms. The van der Waals surface area contributed by atoms with Gasteiger partial charge >= 0.3 is 11.9 Å². The minimum atomic E-state index is -1.71. The average Bonchev–Trinajstić information content (AvgIpc) is 2.81. The Bertz CT molecular complexity index is 356. The van der Waals surface area contributed by atoms with E-state index in [0.717, 1.165) is 0 Å². The fourth-order valence-electron chi connectivity index (χ4n) is 3.07. The van der Waals surface area contributed by atoms with Crippen LogP contribution in [0.1, 0.15) is 6.42 Å². The molecule has 0 spiro atoms. The summed E-state index contributed by atoms with van der Waals surface area (Å²) in [5.74, 6) is -5.26. The fraction of sp³-hybridized carbons (Fsp3) is 0.778. The van der Waals surface area contributed by atoms with Crippen LogP contribution in [-0.4, -0.2) is 44.2 Å². The summed E-state index contributed by atoms with van der Waals surface area (Å²) in [6, 6.07) is 0. The molecule has 7 nitrogen and oxygen atoms in total. The molecule has 6 N–H and O–H groups in total. The molecular formula is C9H13NO6. The molecule has 0 amide bonds. The van der Waals surface area contributed by atoms with Gasteiger partial charge in [-0.05, 0) is 18.3 Å². The second-order valence-electron chi connectivity index (χ2n) is 4.59. The minimum Gasteiger partial charge on any atom is -0.481 e. The number of fused-ring (bicyclic) bond motifs is 1. The predicted octanol–water partition coefficient (Wildman–Crippen LogP) is -1.95. The first-order valence-electron chi connectivity index (χ1n) is 4.92. The van der Waals surface area contributed by atoms with Gasteiger partial charge in [0.2, 0.25) is 0 Å². The zero-order valence-electron chi connectivity index (χ0n) is 8.28. The summed E-state index contributed by atoms with van der Waals surface area (Å²) in [5.41, 5.74) is 4.01. The number of aliphatic hydroxyl groups excluding tert-OH is 1. The molecule has 90 valence electrons. The van der Waals surface area contributed by atoms with Crippen molar-refractivity contribution >= 4 is 11.9 Å². The second kappa shape index (κ2) is 3.16. The second-order valence-corrected chi connectivity index (χ2v) is 4.59. The van der Waals surface area contributed by atoms with Gasteiger partial charge in [-0.3, -0.25) is 9.59 Å². The predicted molar refractivity (Wildman–Crippen MR) is 49.0 cm³/mol. The zero-order valence-corrected chi connectivity index (χ0v) is 8.28. The third-order valence-corrected chi connectivity index (χ3v) is 3.81. The van der Waals surface area contributed by atoms with Gasteiger partial charge in [-0.15, -0.1) is 0 Å². The zero-order chi connectivity index (χ0) is 12.2. The Morgan fingerprint density at radius 2 is 1.88 bits per heavy atom. The molecule has 0 aromatic heterocycles. The van der Waals surface area contributed by atoms with Crippen molar-refractivity contribution in [1.29, 1.82) is 0 Å². The van der Waals surface area contributed by atoms with Crippen molar-refractivity contribution in [3.63, 3.8) is 0 Å². The minimum absolute atomic E-state index is 0.157. The highest BCUT2D eigenvalue weighted by atomic mass is 16.5. The van der Waals surface area contributed by atoms with Crippen molar-refractivity contribution in [3.8, 4) is 0 Å². The summed E-state index contributed by atoms with van der Waals surface area (Å²) in [6.07, 6.45) is -1.87. The molecule has 0 heterocycles. The molecule has 0 aromatic carbocycles. The standard InChI is InChI=1S/C9H13NO6/c10-9(8(15)16)1-2(6(11)12)3-4(5(3)9)7(13)14/h2-5,7,13-14H,1,10H2,(H,11,12)(H,15,16). The summed E-state index contributed by atoms with van der Waals surface area (Å²) in [5, 5.41) is 36.0. The van der Waals surface area contributed by atoms with Gasteiger partial charge in [0.05, 0.1) is 5.92 Å². The molecule has 0 aliphatic heterocycles. The summed E-state index contributed by atoms with van der Waals surface area (Å²) >= 11 is 0. The van der Waals surface area contributed by atoms with Gasteiger partial charge in [0.15, 0.2) is 6.29 Å². The fourth-order valence-corrected chi connectivity index (χ4v) is 3.07. The van der Waals surface area contributed by atoms with E-state index in [0.29, 0.717) is 0 Å². The molecule has 0 aromatic rings. The summed E-state index contributed by atoms with van der Waals surface area (Å²) < 4.78 is 0. The van der Waals surface area contributed by atoms with Gasteiger partial charge in [-0.25, -0.2) is 0 Å². The molecule has 2 fully saturated rings. The van der Waals surface area contributed by atoms with Crippen molar-refractivity contribution < 1.29 is 30.0 Å². The molecule has 2 rings (SSSR count). The molecule has 2 aliphatic rings. The van der Waals surface area contributed by atoms with Crippen LogP contribution in [-0.2, 0) is 9.59 Å². The third kappa shape index (κ3) is 1.25. The molecule has 7 heteroatoms. The van der Waals surface area contributed by atoms with Crippen molar-refractivity contribution in [3.05, 3.63) is 0 Å². The van der Waals surface area contributed by atoms with Crippen molar-refractivity contribution in [2.45, 2.75) is 18.2 Å². The lowest BCUT2D eigenvalue weighted by atomic mass is 9.87. The van der Waals surface area contributed by atoms with Crippen LogP contribution in [0.25, 0.3) is 0 Å². The first-order valence-corrected chi connectivity index (χ1v) is 4.92. The number of rotatable bonds is 3. The Hall–Kier alpha value is -1.18. The van der Waals surface area contributed by atoms with E-state index in [-0.39, 0.29) is 6.42 Å². The van der Waals surface area contributed by atoms with Crippen molar-refractivity contribution in [2.75, 3.05) is 0 Å². The van der Waals surface area contributed by atoms with E-state index in [9.17, 15) is 9.59 Å². The van der Waals surface area contributed by atoms with Crippen LogP contribution in [0.15, 0.2) is 0 Å². The third-order valence-electron chi connectivity index (χ3n) is 3.81. The number of carboxylic acids is 2. The number of carboxylic acid groups (broad SMARTS) is 2. The van der Waals surface area contributed by atoms with E-state index in [2.05, 4.69) is 0 Å². The number of aliphatic hydroxyl groups is 2. The highest BCUT2D eigenvalue weighted by Gasteiger charge is 2.74. The quantitative estimate of drug-likeness (QED) is 0.355. The van der Waals surface area contributed by atoms with Gasteiger partial charge in [-0.2, -0.15) is 0 Å². The molecule has 5 atom stereocenters. The molecule has 0 saturated heterocycles. The van der Waals surface area contributed by atoms with E-state index in [1.165, 1.54) is 0 Å². The van der Waals surface area contributed by atoms with Crippen molar-refractivity contribution in [1.82, 2.24) is 0 Å². The molecule has 2 aliphatic carbocycles. The average molecular weight is 231 g/mol. The Kier molecular flexibility index (Phi) is 2.23. The van der Waals surface area contributed by atoms with Gasteiger partial charge in [0, 0.05) is 5.92 Å². The van der Waals surface area contributed by atoms with E-state index >= 15 is 0 Å². The SMILES string of the molecule is NC1(C(=O)O)CC(C(=O)O)C2C(C(O)O)C21. The lowest BCUT2D eigenvalue weighted by molar-refractivity contribution is -0.147. The molecule has 0 radical (unpaired) electrons. The number of carbonyl (C=O) groups is 2. The Labute approximate surface area is 90.5 Å². The summed E-state index contributed by atoms with van der Waals surface area (Å²) in [4.78, 5) is 21.9. The highest BCUT2D eigenvalue weighted by molar-refractivity contribution is 5.84. The first kappa shape index (κ1) is 11.3. The van der Waals surface area contributed by atoms with Gasteiger partial charge in [0.25, 0.3) is 0 Å². The molecule has 0 bridgehead atoms. The Morgan fingerprint density at radius 3 is 2.25 bits per heavy atom. The number of hydrogen-bond acceptors (Lipinski definition) is 5. The van der Waals surface area contributed by atoms with Crippen LogP contribution in [0.3, 0.4) is 0 Å². The molecule has 5 unspecified atom stereocenters.